The Hall–Kier alpha value is -4.80. The minimum absolute atomic E-state index is 0.139. The highest BCUT2D eigenvalue weighted by Crippen LogP contribution is 2.29. The second kappa shape index (κ2) is 16.5. The molecule has 2 atom stereocenters. The molecule has 1 aromatic heterocycles. The molecule has 49 heavy (non-hydrogen) atoms. The van der Waals surface area contributed by atoms with E-state index in [-0.39, 0.29) is 29.9 Å². The van der Waals surface area contributed by atoms with Crippen molar-refractivity contribution in [2.45, 2.75) is 71.6 Å². The number of rotatable bonds is 14. The third-order valence-electron chi connectivity index (χ3n) is 9.08. The summed E-state index contributed by atoms with van der Waals surface area (Å²) >= 11 is 0. The highest BCUT2D eigenvalue weighted by molar-refractivity contribution is 6.01. The fourth-order valence-corrected chi connectivity index (χ4v) is 6.34. The zero-order valence-electron chi connectivity index (χ0n) is 28.9. The minimum Gasteiger partial charge on any atom is -0.394 e. The largest absolute Gasteiger partial charge is 0.394 e. The summed E-state index contributed by atoms with van der Waals surface area (Å²) in [6.07, 6.45) is 3.42. The number of aryl methyl sites for hydroxylation is 1. The number of aromatic nitrogens is 2. The van der Waals surface area contributed by atoms with Crippen molar-refractivity contribution in [1.82, 2.24) is 19.6 Å². The molecule has 10 nitrogen and oxygen atoms in total. The van der Waals surface area contributed by atoms with Crippen molar-refractivity contribution < 1.29 is 24.2 Å². The third-order valence-corrected chi connectivity index (χ3v) is 9.08. The predicted octanol–water partition coefficient (Wildman–Crippen LogP) is 6.11. The molecule has 0 aliphatic carbocycles. The highest BCUT2D eigenvalue weighted by Gasteiger charge is 2.32. The summed E-state index contributed by atoms with van der Waals surface area (Å²) in [5, 5.41) is 18.1. The van der Waals surface area contributed by atoms with Crippen LogP contribution in [0.4, 0.5) is 5.69 Å². The van der Waals surface area contributed by atoms with Gasteiger partial charge in [0.2, 0.25) is 0 Å². The van der Waals surface area contributed by atoms with Crippen LogP contribution in [0.15, 0.2) is 78.9 Å². The molecular weight excluding hydrogens is 618 g/mol. The van der Waals surface area contributed by atoms with Crippen LogP contribution in [0.5, 0.6) is 0 Å². The van der Waals surface area contributed by atoms with Gasteiger partial charge in [0, 0.05) is 38.1 Å². The summed E-state index contributed by atoms with van der Waals surface area (Å²) in [7, 11) is 1.48. The van der Waals surface area contributed by atoms with Crippen LogP contribution in [0.3, 0.4) is 0 Å². The number of methoxy groups -OCH3 is 1. The lowest BCUT2D eigenvalue weighted by Crippen LogP contribution is -2.46. The average molecular weight is 666 g/mol. The molecule has 10 heteroatoms. The van der Waals surface area contributed by atoms with E-state index in [9.17, 15) is 19.5 Å². The van der Waals surface area contributed by atoms with Gasteiger partial charge in [-0.2, -0.15) is 5.10 Å². The molecule has 0 saturated heterocycles. The Labute approximate surface area is 288 Å². The molecule has 0 spiro atoms. The molecule has 0 saturated carbocycles. The molecule has 2 heterocycles. The molecule has 1 aliphatic rings. The van der Waals surface area contributed by atoms with Gasteiger partial charge in [-0.1, -0.05) is 81.3 Å². The lowest BCUT2D eigenvalue weighted by molar-refractivity contribution is -0.126. The van der Waals surface area contributed by atoms with Crippen molar-refractivity contribution in [2.75, 3.05) is 32.1 Å². The number of anilines is 1. The average Bonchev–Trinajstić information content (AvgIpc) is 3.52. The van der Waals surface area contributed by atoms with E-state index in [1.165, 1.54) is 7.11 Å². The second-order valence-electron chi connectivity index (χ2n) is 12.6. The zero-order valence-corrected chi connectivity index (χ0v) is 28.9. The fraction of sp³-hybridized carbons (Fsp3) is 0.385. The smallest absolute Gasteiger partial charge is 0.274 e. The number of hydrogen-bond donors (Lipinski definition) is 2. The lowest BCUT2D eigenvalue weighted by atomic mass is 9.93. The first kappa shape index (κ1) is 35.5. The van der Waals surface area contributed by atoms with Crippen LogP contribution in [-0.4, -0.2) is 75.3 Å². The molecule has 0 radical (unpaired) electrons. The van der Waals surface area contributed by atoms with E-state index in [1.807, 2.05) is 66.4 Å². The van der Waals surface area contributed by atoms with Gasteiger partial charge in [0.15, 0.2) is 11.8 Å². The summed E-state index contributed by atoms with van der Waals surface area (Å²) in [4.78, 5) is 45.2. The molecule has 0 fully saturated rings. The number of hydrogen-bond acceptors (Lipinski definition) is 6. The monoisotopic (exact) mass is 665 g/mol. The first-order valence-corrected chi connectivity index (χ1v) is 17.2. The molecule has 0 bridgehead atoms. The zero-order chi connectivity index (χ0) is 34.9. The van der Waals surface area contributed by atoms with E-state index >= 15 is 0 Å². The van der Waals surface area contributed by atoms with Gasteiger partial charge in [-0.15, -0.1) is 0 Å². The number of nitrogens with zero attached hydrogens (tertiary/aromatic N) is 4. The number of aliphatic hydroxyl groups excluding tert-OH is 1. The quantitative estimate of drug-likeness (QED) is 0.168. The summed E-state index contributed by atoms with van der Waals surface area (Å²) in [6, 6.07) is 23.5. The van der Waals surface area contributed by atoms with E-state index in [1.54, 1.807) is 33.8 Å². The molecule has 3 aromatic carbocycles. The minimum atomic E-state index is -0.859. The van der Waals surface area contributed by atoms with Gasteiger partial charge in [-0.05, 0) is 67.1 Å². The van der Waals surface area contributed by atoms with Crippen LogP contribution in [0.1, 0.15) is 88.9 Å². The molecular formula is C39H47N5O5. The molecule has 3 amide bonds. The van der Waals surface area contributed by atoms with Crippen molar-refractivity contribution >= 4 is 23.4 Å². The third kappa shape index (κ3) is 8.09. The van der Waals surface area contributed by atoms with Gasteiger partial charge < -0.3 is 25.0 Å². The Morgan fingerprint density at radius 1 is 0.959 bits per heavy atom. The second-order valence-corrected chi connectivity index (χ2v) is 12.6. The Morgan fingerprint density at radius 2 is 1.63 bits per heavy atom. The normalized spacial score (nSPS) is 14.6. The lowest BCUT2D eigenvalue weighted by Gasteiger charge is -2.36. The van der Waals surface area contributed by atoms with Crippen LogP contribution in [0.2, 0.25) is 0 Å². The molecule has 5 rings (SSSR count). The highest BCUT2D eigenvalue weighted by atomic mass is 16.5. The number of amides is 3. The van der Waals surface area contributed by atoms with Crippen molar-refractivity contribution in [2.24, 2.45) is 0 Å². The van der Waals surface area contributed by atoms with Gasteiger partial charge in [0.25, 0.3) is 17.7 Å². The van der Waals surface area contributed by atoms with Crippen LogP contribution in [-0.2, 0) is 22.5 Å². The van der Waals surface area contributed by atoms with E-state index in [2.05, 4.69) is 19.2 Å². The number of fused-ring (bicyclic) bond motifs is 1. The van der Waals surface area contributed by atoms with E-state index in [4.69, 9.17) is 9.84 Å². The maximum atomic E-state index is 14.6. The predicted molar refractivity (Wildman–Crippen MR) is 190 cm³/mol. The van der Waals surface area contributed by atoms with Crippen LogP contribution >= 0.6 is 0 Å². The van der Waals surface area contributed by atoms with Crippen LogP contribution in [0.25, 0.3) is 5.69 Å². The number of ether oxygens (including phenoxy) is 1. The fourth-order valence-electron chi connectivity index (χ4n) is 6.34. The first-order chi connectivity index (χ1) is 23.8. The number of unbranched alkanes of at least 4 members (excludes halogenated alkanes) is 2. The summed E-state index contributed by atoms with van der Waals surface area (Å²) in [6.45, 7) is 7.49. The number of benzene rings is 3. The number of carbonyl (C=O) groups is 3. The molecule has 2 N–H and O–H groups in total. The van der Waals surface area contributed by atoms with Crippen molar-refractivity contribution in [1.29, 1.82) is 0 Å². The van der Waals surface area contributed by atoms with Crippen molar-refractivity contribution in [3.05, 3.63) is 113 Å². The summed E-state index contributed by atoms with van der Waals surface area (Å²) < 4.78 is 7.16. The number of nitrogens with one attached hydrogen (secondary N) is 1. The van der Waals surface area contributed by atoms with E-state index < -0.39 is 12.1 Å². The van der Waals surface area contributed by atoms with E-state index in [0.29, 0.717) is 54.4 Å². The molecule has 4 aromatic rings. The van der Waals surface area contributed by atoms with Gasteiger partial charge >= 0.3 is 0 Å². The maximum absolute atomic E-state index is 14.6. The summed E-state index contributed by atoms with van der Waals surface area (Å²) in [5.74, 6) is -0.844. The summed E-state index contributed by atoms with van der Waals surface area (Å²) in [5.41, 5.74) is 4.96. The standard InChI is InChI=1S/C39H47N5O5/c1-5-7-20-42(21-8-6-2)39(48)34-22-27(3)44(41-34)35-19-18-31(40-37(46)36(49-4)28-14-10-9-11-15-28)24-33(35)38(47)43-25-30-17-13-12-16-29(30)23-32(43)26-45/h9-19,22,24,32,36,45H,5-8,20-21,23,25-26H2,1-4H3,(H,40,46). The van der Waals surface area contributed by atoms with Gasteiger partial charge in [0.1, 0.15) is 0 Å². The van der Waals surface area contributed by atoms with Gasteiger partial charge in [0.05, 0.1) is 23.9 Å². The van der Waals surface area contributed by atoms with Crippen LogP contribution < -0.4 is 5.32 Å². The van der Waals surface area contributed by atoms with Crippen molar-refractivity contribution in [3.63, 3.8) is 0 Å². The molecule has 258 valence electrons. The van der Waals surface area contributed by atoms with E-state index in [0.717, 1.165) is 36.8 Å². The first-order valence-electron chi connectivity index (χ1n) is 17.2. The maximum Gasteiger partial charge on any atom is 0.274 e. The number of carbonyl (C=O) groups excluding carboxylic acids is 3. The SMILES string of the molecule is CCCCN(CCCC)C(=O)c1cc(C)n(-c2ccc(NC(=O)C(OC)c3ccccc3)cc2C(=O)N2Cc3ccccc3CC2CO)n1. The van der Waals surface area contributed by atoms with Gasteiger partial charge in [-0.3, -0.25) is 14.4 Å². The molecule has 2 unspecified atom stereocenters. The Morgan fingerprint density at radius 3 is 2.29 bits per heavy atom. The Bertz CT molecular complexity index is 1750. The topological polar surface area (TPSA) is 117 Å². The Kier molecular flexibility index (Phi) is 12.0. The number of aliphatic hydroxyl groups is 1. The molecule has 1 aliphatic heterocycles. The van der Waals surface area contributed by atoms with Crippen molar-refractivity contribution in [3.8, 4) is 5.69 Å². The Balaban J connectivity index is 1.54. The van der Waals surface area contributed by atoms with Crippen LogP contribution in [0, 0.1) is 6.92 Å². The van der Waals surface area contributed by atoms with Gasteiger partial charge in [-0.25, -0.2) is 4.68 Å².